The molecule has 0 aliphatic heterocycles. The maximum absolute atomic E-state index is 12.4. The van der Waals surface area contributed by atoms with Crippen molar-refractivity contribution in [3.63, 3.8) is 0 Å². The van der Waals surface area contributed by atoms with E-state index in [9.17, 15) is 4.79 Å². The molecule has 0 saturated carbocycles. The smallest absolute Gasteiger partial charge is 0.191 e. The summed E-state index contributed by atoms with van der Waals surface area (Å²) < 4.78 is 1.03. The van der Waals surface area contributed by atoms with Crippen molar-refractivity contribution in [2.45, 2.75) is 6.42 Å². The van der Waals surface area contributed by atoms with Crippen molar-refractivity contribution in [3.05, 3.63) is 80.8 Å². The number of fused-ring (bicyclic) bond motifs is 1. The second-order valence-corrected chi connectivity index (χ2v) is 5.47. The standard InChI is InChI=1S/C16H13BrOS/c1-2-12(6-5-9-17)10-13-11-19-15-8-4-3-7-14(15)16(13)18/h2-9,11H,1,10H2/b9-5+,12-6+. The number of rotatable bonds is 4. The quantitative estimate of drug-likeness (QED) is 0.733. The normalized spacial score (nSPS) is 12.2. The molecule has 0 aliphatic rings. The molecule has 2 rings (SSSR count). The van der Waals surface area contributed by atoms with Gasteiger partial charge in [0.15, 0.2) is 5.43 Å². The lowest BCUT2D eigenvalue weighted by Gasteiger charge is -2.03. The first kappa shape index (κ1) is 14.0. The molecule has 1 aromatic heterocycles. The van der Waals surface area contributed by atoms with Gasteiger partial charge < -0.3 is 0 Å². The van der Waals surface area contributed by atoms with Crippen molar-refractivity contribution in [1.29, 1.82) is 0 Å². The Morgan fingerprint density at radius 1 is 1.37 bits per heavy atom. The van der Waals surface area contributed by atoms with Gasteiger partial charge in [-0.2, -0.15) is 0 Å². The minimum Gasteiger partial charge on any atom is -0.289 e. The van der Waals surface area contributed by atoms with Gasteiger partial charge in [0, 0.05) is 22.1 Å². The third-order valence-electron chi connectivity index (χ3n) is 2.79. The van der Waals surface area contributed by atoms with Crippen LogP contribution in [0.1, 0.15) is 5.56 Å². The fourth-order valence-electron chi connectivity index (χ4n) is 1.82. The van der Waals surface area contributed by atoms with Crippen molar-refractivity contribution < 1.29 is 0 Å². The summed E-state index contributed by atoms with van der Waals surface area (Å²) in [5.74, 6) is 0. The van der Waals surface area contributed by atoms with Crippen molar-refractivity contribution in [2.75, 3.05) is 0 Å². The molecular weight excluding hydrogens is 320 g/mol. The van der Waals surface area contributed by atoms with Gasteiger partial charge in [-0.15, -0.1) is 11.3 Å². The molecule has 19 heavy (non-hydrogen) atoms. The van der Waals surface area contributed by atoms with Crippen LogP contribution in [-0.4, -0.2) is 0 Å². The van der Waals surface area contributed by atoms with Crippen LogP contribution in [0.25, 0.3) is 10.1 Å². The minimum atomic E-state index is 0.116. The van der Waals surface area contributed by atoms with Gasteiger partial charge in [0.25, 0.3) is 0 Å². The first-order valence-corrected chi connectivity index (χ1v) is 7.63. The van der Waals surface area contributed by atoms with Crippen molar-refractivity contribution >= 4 is 37.4 Å². The molecule has 1 heterocycles. The summed E-state index contributed by atoms with van der Waals surface area (Å²) in [4.78, 5) is 14.1. The Morgan fingerprint density at radius 3 is 2.89 bits per heavy atom. The molecule has 0 N–H and O–H groups in total. The average Bonchev–Trinajstić information content (AvgIpc) is 2.46. The molecule has 0 fully saturated rings. The summed E-state index contributed by atoms with van der Waals surface area (Å²) in [7, 11) is 0. The lowest BCUT2D eigenvalue weighted by molar-refractivity contribution is 1.19. The molecule has 1 nitrogen and oxygen atoms in total. The van der Waals surface area contributed by atoms with Crippen molar-refractivity contribution in [2.24, 2.45) is 0 Å². The minimum absolute atomic E-state index is 0.116. The summed E-state index contributed by atoms with van der Waals surface area (Å²) in [6.07, 6.45) is 6.22. The Morgan fingerprint density at radius 2 is 2.16 bits per heavy atom. The van der Waals surface area contributed by atoms with Gasteiger partial charge in [0.05, 0.1) is 0 Å². The second-order valence-electron chi connectivity index (χ2n) is 4.03. The summed E-state index contributed by atoms with van der Waals surface area (Å²) in [5.41, 5.74) is 1.96. The number of hydrogen-bond acceptors (Lipinski definition) is 2. The SMILES string of the molecule is C=C/C(=C\C=C\Br)Cc1csc2ccccc2c1=O. The zero-order valence-corrected chi connectivity index (χ0v) is 12.7. The molecule has 0 amide bonds. The molecule has 0 radical (unpaired) electrons. The summed E-state index contributed by atoms with van der Waals surface area (Å²) in [6.45, 7) is 3.79. The van der Waals surface area contributed by atoms with Crippen LogP contribution in [-0.2, 0) is 6.42 Å². The van der Waals surface area contributed by atoms with Crippen LogP contribution in [0.3, 0.4) is 0 Å². The highest BCUT2D eigenvalue weighted by molar-refractivity contribution is 9.11. The van der Waals surface area contributed by atoms with Crippen molar-refractivity contribution in [1.82, 2.24) is 0 Å². The van der Waals surface area contributed by atoms with Gasteiger partial charge in [-0.25, -0.2) is 0 Å². The topological polar surface area (TPSA) is 17.1 Å². The van der Waals surface area contributed by atoms with Crippen LogP contribution < -0.4 is 5.43 Å². The molecule has 1 aromatic carbocycles. The lowest BCUT2D eigenvalue weighted by atomic mass is 10.1. The van der Waals surface area contributed by atoms with Crippen molar-refractivity contribution in [3.8, 4) is 0 Å². The Balaban J connectivity index is 2.44. The first-order valence-electron chi connectivity index (χ1n) is 5.84. The maximum Gasteiger partial charge on any atom is 0.191 e. The predicted octanol–water partition coefficient (Wildman–Crippen LogP) is 4.83. The molecule has 0 spiro atoms. The molecule has 0 aliphatic carbocycles. The van der Waals surface area contributed by atoms with E-state index in [1.54, 1.807) is 22.4 Å². The second kappa shape index (κ2) is 6.64. The van der Waals surface area contributed by atoms with E-state index in [-0.39, 0.29) is 5.43 Å². The van der Waals surface area contributed by atoms with Gasteiger partial charge >= 0.3 is 0 Å². The van der Waals surface area contributed by atoms with Crippen LogP contribution in [0.15, 0.2) is 69.8 Å². The van der Waals surface area contributed by atoms with Gasteiger partial charge in [0.1, 0.15) is 0 Å². The maximum atomic E-state index is 12.4. The highest BCUT2D eigenvalue weighted by Crippen LogP contribution is 2.18. The summed E-state index contributed by atoms with van der Waals surface area (Å²) in [6, 6.07) is 7.71. The van der Waals surface area contributed by atoms with Crippen LogP contribution >= 0.6 is 27.3 Å². The highest BCUT2D eigenvalue weighted by atomic mass is 79.9. The van der Waals surface area contributed by atoms with Gasteiger partial charge in [0.2, 0.25) is 0 Å². The third-order valence-corrected chi connectivity index (χ3v) is 4.11. The average molecular weight is 333 g/mol. The Kier molecular flexibility index (Phi) is 4.88. The summed E-state index contributed by atoms with van der Waals surface area (Å²) in [5, 5.41) is 2.74. The van der Waals surface area contributed by atoms with E-state index >= 15 is 0 Å². The number of hydrogen-bond donors (Lipinski definition) is 0. The highest BCUT2D eigenvalue weighted by Gasteiger charge is 2.05. The molecule has 0 saturated heterocycles. The van der Waals surface area contributed by atoms with Crippen LogP contribution in [0, 0.1) is 0 Å². The van der Waals surface area contributed by atoms with Gasteiger partial charge in [-0.05, 0) is 28.1 Å². The van der Waals surface area contributed by atoms with Crippen LogP contribution in [0.2, 0.25) is 0 Å². The third kappa shape index (κ3) is 3.31. The number of benzene rings is 1. The lowest BCUT2D eigenvalue weighted by Crippen LogP contribution is -2.08. The molecule has 0 atom stereocenters. The fourth-order valence-corrected chi connectivity index (χ4v) is 2.88. The first-order chi connectivity index (χ1) is 9.26. The van der Waals surface area contributed by atoms with E-state index in [4.69, 9.17) is 0 Å². The zero-order valence-electron chi connectivity index (χ0n) is 10.3. The van der Waals surface area contributed by atoms with Gasteiger partial charge in [-0.1, -0.05) is 52.9 Å². The molecule has 0 unspecified atom stereocenters. The monoisotopic (exact) mass is 332 g/mol. The zero-order chi connectivity index (χ0) is 13.7. The molecule has 2 aromatic rings. The fraction of sp³-hybridized carbons (Fsp3) is 0.0625. The Hall–Kier alpha value is -1.45. The van der Waals surface area contributed by atoms with E-state index in [1.807, 2.05) is 41.8 Å². The summed E-state index contributed by atoms with van der Waals surface area (Å²) >= 11 is 4.83. The molecule has 0 bridgehead atoms. The molecular formula is C16H13BrOS. The Labute approximate surface area is 124 Å². The predicted molar refractivity (Wildman–Crippen MR) is 88.1 cm³/mol. The van der Waals surface area contributed by atoms with E-state index in [0.29, 0.717) is 6.42 Å². The van der Waals surface area contributed by atoms with E-state index in [0.717, 1.165) is 21.2 Å². The van der Waals surface area contributed by atoms with E-state index < -0.39 is 0 Å². The van der Waals surface area contributed by atoms with E-state index in [2.05, 4.69) is 22.5 Å². The largest absolute Gasteiger partial charge is 0.289 e. The number of allylic oxidation sites excluding steroid dienone is 4. The van der Waals surface area contributed by atoms with Crippen LogP contribution in [0.4, 0.5) is 0 Å². The van der Waals surface area contributed by atoms with E-state index in [1.165, 1.54) is 0 Å². The van der Waals surface area contributed by atoms with Gasteiger partial charge in [-0.3, -0.25) is 4.79 Å². The molecule has 3 heteroatoms. The Bertz CT molecular complexity index is 710. The molecule has 96 valence electrons. The number of halogens is 1. The van der Waals surface area contributed by atoms with Crippen LogP contribution in [0.5, 0.6) is 0 Å².